The number of rotatable bonds is 3. The van der Waals surface area contributed by atoms with Crippen molar-refractivity contribution in [2.75, 3.05) is 13.1 Å². The van der Waals surface area contributed by atoms with Gasteiger partial charge in [-0.15, -0.1) is 0 Å². The number of aromatic nitrogens is 1. The summed E-state index contributed by atoms with van der Waals surface area (Å²) in [7, 11) is 0. The zero-order chi connectivity index (χ0) is 13.0. The van der Waals surface area contributed by atoms with Crippen molar-refractivity contribution in [1.82, 2.24) is 9.88 Å². The Kier molecular flexibility index (Phi) is 4.29. The molecule has 18 heavy (non-hydrogen) atoms. The standard InChI is InChI=1S/C14H20N4/c1-11-3-5-18(14(6-11)9-16)10-12-2-4-17-13(7-12)8-15/h2,4,7,11,14H,3,5-6,9-10,16H2,1H3. The molecule has 1 fully saturated rings. The van der Waals surface area contributed by atoms with Crippen LogP contribution in [0.15, 0.2) is 18.3 Å². The van der Waals surface area contributed by atoms with Crippen LogP contribution < -0.4 is 5.73 Å². The Morgan fingerprint density at radius 2 is 2.44 bits per heavy atom. The molecule has 1 aromatic rings. The van der Waals surface area contributed by atoms with Crippen LogP contribution in [0.3, 0.4) is 0 Å². The first-order valence-corrected chi connectivity index (χ1v) is 6.52. The van der Waals surface area contributed by atoms with Crippen molar-refractivity contribution in [2.45, 2.75) is 32.4 Å². The fourth-order valence-electron chi connectivity index (χ4n) is 2.62. The minimum atomic E-state index is 0.465. The lowest BCUT2D eigenvalue weighted by Gasteiger charge is -2.38. The van der Waals surface area contributed by atoms with E-state index in [2.05, 4.69) is 22.9 Å². The second-order valence-electron chi connectivity index (χ2n) is 5.15. The summed E-state index contributed by atoms with van der Waals surface area (Å²) in [5.41, 5.74) is 7.50. The molecule has 0 bridgehead atoms. The fraction of sp³-hybridized carbons (Fsp3) is 0.571. The van der Waals surface area contributed by atoms with Gasteiger partial charge in [0.1, 0.15) is 11.8 Å². The first kappa shape index (κ1) is 13.0. The highest BCUT2D eigenvalue weighted by Crippen LogP contribution is 2.23. The number of nitrogens with zero attached hydrogens (tertiary/aromatic N) is 3. The number of hydrogen-bond donors (Lipinski definition) is 1. The topological polar surface area (TPSA) is 65.9 Å². The van der Waals surface area contributed by atoms with Gasteiger partial charge in [0.2, 0.25) is 0 Å². The quantitative estimate of drug-likeness (QED) is 0.875. The molecule has 0 saturated carbocycles. The van der Waals surface area contributed by atoms with Crippen molar-refractivity contribution in [1.29, 1.82) is 5.26 Å². The number of hydrogen-bond acceptors (Lipinski definition) is 4. The van der Waals surface area contributed by atoms with Crippen LogP contribution in [0.5, 0.6) is 0 Å². The average molecular weight is 244 g/mol. The molecule has 4 heteroatoms. The zero-order valence-corrected chi connectivity index (χ0v) is 10.8. The fourth-order valence-corrected chi connectivity index (χ4v) is 2.62. The van der Waals surface area contributed by atoms with Gasteiger partial charge in [0.15, 0.2) is 0 Å². The van der Waals surface area contributed by atoms with Crippen LogP contribution in [0.25, 0.3) is 0 Å². The molecule has 2 rings (SSSR count). The van der Waals surface area contributed by atoms with Gasteiger partial charge in [-0.3, -0.25) is 4.90 Å². The van der Waals surface area contributed by atoms with Crippen LogP contribution in [-0.2, 0) is 6.54 Å². The molecule has 1 aromatic heterocycles. The molecule has 1 saturated heterocycles. The highest BCUT2D eigenvalue weighted by atomic mass is 15.2. The molecule has 0 aliphatic carbocycles. The second kappa shape index (κ2) is 5.94. The summed E-state index contributed by atoms with van der Waals surface area (Å²) in [6, 6.07) is 6.39. The maximum Gasteiger partial charge on any atom is 0.140 e. The van der Waals surface area contributed by atoms with Crippen molar-refractivity contribution in [3.8, 4) is 6.07 Å². The maximum atomic E-state index is 8.85. The summed E-state index contributed by atoms with van der Waals surface area (Å²) in [4.78, 5) is 6.42. The number of likely N-dealkylation sites (tertiary alicyclic amines) is 1. The van der Waals surface area contributed by atoms with Crippen LogP contribution in [0.4, 0.5) is 0 Å². The predicted octanol–water partition coefficient (Wildman–Crippen LogP) is 1.51. The summed E-state index contributed by atoms with van der Waals surface area (Å²) in [6.45, 7) is 4.96. The van der Waals surface area contributed by atoms with Gasteiger partial charge >= 0.3 is 0 Å². The van der Waals surface area contributed by atoms with Gasteiger partial charge < -0.3 is 5.73 Å². The first-order chi connectivity index (χ1) is 8.72. The molecule has 1 aliphatic heterocycles. The van der Waals surface area contributed by atoms with Crippen molar-refractivity contribution < 1.29 is 0 Å². The van der Waals surface area contributed by atoms with Crippen LogP contribution >= 0.6 is 0 Å². The summed E-state index contributed by atoms with van der Waals surface area (Å²) in [5, 5.41) is 8.85. The Balaban J connectivity index is 2.05. The number of piperidine rings is 1. The van der Waals surface area contributed by atoms with E-state index in [-0.39, 0.29) is 0 Å². The van der Waals surface area contributed by atoms with Crippen LogP contribution in [0.2, 0.25) is 0 Å². The largest absolute Gasteiger partial charge is 0.329 e. The average Bonchev–Trinajstić information content (AvgIpc) is 2.41. The van der Waals surface area contributed by atoms with Gasteiger partial charge in [0.05, 0.1) is 0 Å². The Morgan fingerprint density at radius 3 is 3.17 bits per heavy atom. The highest BCUT2D eigenvalue weighted by Gasteiger charge is 2.25. The van der Waals surface area contributed by atoms with Gasteiger partial charge in [-0.25, -0.2) is 4.98 Å². The van der Waals surface area contributed by atoms with E-state index in [1.165, 1.54) is 12.8 Å². The maximum absolute atomic E-state index is 8.85. The van der Waals surface area contributed by atoms with E-state index in [1.807, 2.05) is 12.1 Å². The summed E-state index contributed by atoms with van der Waals surface area (Å²) < 4.78 is 0. The molecule has 0 spiro atoms. The molecule has 0 radical (unpaired) electrons. The minimum Gasteiger partial charge on any atom is -0.329 e. The number of pyridine rings is 1. The van der Waals surface area contributed by atoms with Crippen LogP contribution in [0.1, 0.15) is 31.0 Å². The van der Waals surface area contributed by atoms with Gasteiger partial charge in [0.25, 0.3) is 0 Å². The third kappa shape index (κ3) is 3.06. The molecule has 0 amide bonds. The van der Waals surface area contributed by atoms with E-state index in [1.54, 1.807) is 6.20 Å². The summed E-state index contributed by atoms with van der Waals surface area (Å²) in [5.74, 6) is 0.766. The lowest BCUT2D eigenvalue weighted by atomic mass is 9.92. The Hall–Kier alpha value is -1.44. The van der Waals surface area contributed by atoms with E-state index in [0.29, 0.717) is 18.3 Å². The molecule has 4 nitrogen and oxygen atoms in total. The first-order valence-electron chi connectivity index (χ1n) is 6.52. The summed E-state index contributed by atoms with van der Waals surface area (Å²) in [6.07, 6.45) is 4.11. The molecule has 96 valence electrons. The van der Waals surface area contributed by atoms with E-state index >= 15 is 0 Å². The van der Waals surface area contributed by atoms with E-state index in [0.717, 1.165) is 24.6 Å². The normalized spacial score (nSPS) is 24.7. The van der Waals surface area contributed by atoms with Crippen LogP contribution in [-0.4, -0.2) is 29.0 Å². The lowest BCUT2D eigenvalue weighted by molar-refractivity contribution is 0.115. The highest BCUT2D eigenvalue weighted by molar-refractivity contribution is 5.25. The molecule has 2 N–H and O–H groups in total. The molecule has 2 atom stereocenters. The monoisotopic (exact) mass is 244 g/mol. The lowest BCUT2D eigenvalue weighted by Crippen LogP contribution is -2.45. The van der Waals surface area contributed by atoms with Crippen molar-refractivity contribution in [2.24, 2.45) is 11.7 Å². The van der Waals surface area contributed by atoms with Gasteiger partial charge in [-0.05, 0) is 43.0 Å². The van der Waals surface area contributed by atoms with Gasteiger partial charge in [0, 0.05) is 25.3 Å². The Morgan fingerprint density at radius 1 is 1.61 bits per heavy atom. The van der Waals surface area contributed by atoms with Crippen molar-refractivity contribution >= 4 is 0 Å². The Bertz CT molecular complexity index is 438. The van der Waals surface area contributed by atoms with E-state index in [9.17, 15) is 0 Å². The van der Waals surface area contributed by atoms with Crippen molar-refractivity contribution in [3.63, 3.8) is 0 Å². The number of nitriles is 1. The SMILES string of the molecule is CC1CCN(Cc2ccnc(C#N)c2)C(CN)C1. The molecule has 2 unspecified atom stereocenters. The second-order valence-corrected chi connectivity index (χ2v) is 5.15. The molecular formula is C14H20N4. The third-order valence-electron chi connectivity index (χ3n) is 3.70. The predicted molar refractivity (Wildman–Crippen MR) is 70.6 cm³/mol. The minimum absolute atomic E-state index is 0.465. The molecule has 1 aliphatic rings. The van der Waals surface area contributed by atoms with E-state index in [4.69, 9.17) is 11.0 Å². The van der Waals surface area contributed by atoms with Gasteiger partial charge in [-0.2, -0.15) is 5.26 Å². The third-order valence-corrected chi connectivity index (χ3v) is 3.70. The molecule has 0 aromatic carbocycles. The Labute approximate surface area is 108 Å². The van der Waals surface area contributed by atoms with Crippen molar-refractivity contribution in [3.05, 3.63) is 29.6 Å². The number of nitrogens with two attached hydrogens (primary N) is 1. The van der Waals surface area contributed by atoms with E-state index < -0.39 is 0 Å². The molecule has 2 heterocycles. The summed E-state index contributed by atoms with van der Waals surface area (Å²) >= 11 is 0. The zero-order valence-electron chi connectivity index (χ0n) is 10.8. The smallest absolute Gasteiger partial charge is 0.140 e. The van der Waals surface area contributed by atoms with Crippen LogP contribution in [0, 0.1) is 17.2 Å². The van der Waals surface area contributed by atoms with Gasteiger partial charge in [-0.1, -0.05) is 6.92 Å². The molecular weight excluding hydrogens is 224 g/mol.